The molecule has 0 amide bonds. The molecule has 0 unspecified atom stereocenters. The van der Waals surface area contributed by atoms with Gasteiger partial charge in [-0.1, -0.05) is 30.3 Å². The Hall–Kier alpha value is -2.34. The Kier molecular flexibility index (Phi) is 5.29. The SMILES string of the molecule is CC(C)(CCc1ccc(NS(=O)(=O)c2ccccc2)cc1)C(=O)O. The van der Waals surface area contributed by atoms with Crippen molar-refractivity contribution in [2.75, 3.05) is 4.72 Å². The maximum absolute atomic E-state index is 12.2. The number of rotatable bonds is 7. The molecule has 2 aromatic carbocycles. The summed E-state index contributed by atoms with van der Waals surface area (Å²) in [4.78, 5) is 11.3. The first-order chi connectivity index (χ1) is 11.2. The first kappa shape index (κ1) is 18.0. The lowest BCUT2D eigenvalue weighted by Gasteiger charge is -2.18. The molecule has 0 aliphatic rings. The maximum atomic E-state index is 12.2. The fourth-order valence-electron chi connectivity index (χ4n) is 2.12. The van der Waals surface area contributed by atoms with Crippen molar-refractivity contribution < 1.29 is 18.3 Å². The van der Waals surface area contributed by atoms with Crippen LogP contribution >= 0.6 is 0 Å². The van der Waals surface area contributed by atoms with Gasteiger partial charge in [-0.25, -0.2) is 8.42 Å². The molecule has 0 saturated carbocycles. The molecule has 0 radical (unpaired) electrons. The molecule has 0 atom stereocenters. The van der Waals surface area contributed by atoms with Gasteiger partial charge in [0.25, 0.3) is 10.0 Å². The van der Waals surface area contributed by atoms with E-state index in [1.807, 2.05) is 0 Å². The third-order valence-corrected chi connectivity index (χ3v) is 5.27. The van der Waals surface area contributed by atoms with Gasteiger partial charge in [-0.15, -0.1) is 0 Å². The molecule has 0 bridgehead atoms. The molecule has 0 aliphatic carbocycles. The van der Waals surface area contributed by atoms with Crippen molar-refractivity contribution in [2.45, 2.75) is 31.6 Å². The molecule has 0 saturated heterocycles. The van der Waals surface area contributed by atoms with Gasteiger partial charge in [0, 0.05) is 5.69 Å². The van der Waals surface area contributed by atoms with Crippen LogP contribution in [0, 0.1) is 5.41 Å². The average Bonchev–Trinajstić information content (AvgIpc) is 2.55. The summed E-state index contributed by atoms with van der Waals surface area (Å²) in [5.41, 5.74) is 0.653. The molecule has 128 valence electrons. The number of carboxylic acids is 1. The zero-order chi connectivity index (χ0) is 17.8. The summed E-state index contributed by atoms with van der Waals surface area (Å²) in [6.07, 6.45) is 1.13. The van der Waals surface area contributed by atoms with E-state index in [0.29, 0.717) is 18.5 Å². The number of carboxylic acid groups (broad SMARTS) is 1. The van der Waals surface area contributed by atoms with Crippen LogP contribution in [0.5, 0.6) is 0 Å². The van der Waals surface area contributed by atoms with E-state index in [0.717, 1.165) is 5.56 Å². The standard InChI is InChI=1S/C18H21NO4S/c1-18(2,17(20)21)13-12-14-8-10-15(11-9-14)19-24(22,23)16-6-4-3-5-7-16/h3-11,19H,12-13H2,1-2H3,(H,20,21). The molecular formula is C18H21NO4S. The van der Waals surface area contributed by atoms with Gasteiger partial charge in [-0.3, -0.25) is 9.52 Å². The minimum atomic E-state index is -3.60. The Bertz CT molecular complexity index is 797. The Morgan fingerprint density at radius 2 is 1.62 bits per heavy atom. The zero-order valence-electron chi connectivity index (χ0n) is 13.7. The number of sulfonamides is 1. The molecule has 5 nitrogen and oxygen atoms in total. The fraction of sp³-hybridized carbons (Fsp3) is 0.278. The number of anilines is 1. The second-order valence-electron chi connectivity index (χ2n) is 6.30. The summed E-state index contributed by atoms with van der Waals surface area (Å²) < 4.78 is 27.0. The summed E-state index contributed by atoms with van der Waals surface area (Å²) in [5, 5.41) is 9.12. The van der Waals surface area contributed by atoms with Crippen molar-refractivity contribution in [3.05, 3.63) is 60.2 Å². The Balaban J connectivity index is 2.04. The molecule has 0 heterocycles. The van der Waals surface area contributed by atoms with Gasteiger partial charge in [-0.2, -0.15) is 0 Å². The van der Waals surface area contributed by atoms with Gasteiger partial charge in [0.1, 0.15) is 0 Å². The van der Waals surface area contributed by atoms with Crippen LogP contribution in [0.4, 0.5) is 5.69 Å². The van der Waals surface area contributed by atoms with Crippen LogP contribution in [-0.2, 0) is 21.2 Å². The molecule has 6 heteroatoms. The Morgan fingerprint density at radius 3 is 2.17 bits per heavy atom. The number of hydrogen-bond acceptors (Lipinski definition) is 3. The highest BCUT2D eigenvalue weighted by atomic mass is 32.2. The van der Waals surface area contributed by atoms with Crippen LogP contribution < -0.4 is 4.72 Å². The lowest BCUT2D eigenvalue weighted by molar-refractivity contribution is -0.147. The minimum Gasteiger partial charge on any atom is -0.481 e. The smallest absolute Gasteiger partial charge is 0.309 e. The lowest BCUT2D eigenvalue weighted by atomic mass is 9.86. The first-order valence-electron chi connectivity index (χ1n) is 7.61. The Morgan fingerprint density at radius 1 is 1.04 bits per heavy atom. The van der Waals surface area contributed by atoms with Crippen LogP contribution in [0.25, 0.3) is 0 Å². The van der Waals surface area contributed by atoms with E-state index in [1.165, 1.54) is 12.1 Å². The number of carbonyl (C=O) groups is 1. The molecule has 2 N–H and O–H groups in total. The molecule has 0 aromatic heterocycles. The highest BCUT2D eigenvalue weighted by Crippen LogP contribution is 2.24. The van der Waals surface area contributed by atoms with E-state index >= 15 is 0 Å². The van der Waals surface area contributed by atoms with E-state index in [9.17, 15) is 13.2 Å². The molecule has 0 fully saturated rings. The van der Waals surface area contributed by atoms with Gasteiger partial charge in [0.05, 0.1) is 10.3 Å². The van der Waals surface area contributed by atoms with E-state index in [4.69, 9.17) is 5.11 Å². The number of benzene rings is 2. The highest BCUT2D eigenvalue weighted by Gasteiger charge is 2.26. The number of aliphatic carboxylic acids is 1. The molecule has 24 heavy (non-hydrogen) atoms. The van der Waals surface area contributed by atoms with Crippen LogP contribution in [0.1, 0.15) is 25.8 Å². The monoisotopic (exact) mass is 347 g/mol. The van der Waals surface area contributed by atoms with Crippen LogP contribution in [0.2, 0.25) is 0 Å². The maximum Gasteiger partial charge on any atom is 0.309 e. The quantitative estimate of drug-likeness (QED) is 0.802. The molecule has 2 rings (SSSR count). The van der Waals surface area contributed by atoms with Gasteiger partial charge in [0.2, 0.25) is 0 Å². The third-order valence-electron chi connectivity index (χ3n) is 3.88. The van der Waals surface area contributed by atoms with Crippen molar-refractivity contribution in [2.24, 2.45) is 5.41 Å². The van der Waals surface area contributed by atoms with E-state index in [2.05, 4.69) is 4.72 Å². The largest absolute Gasteiger partial charge is 0.481 e. The van der Waals surface area contributed by atoms with E-state index in [-0.39, 0.29) is 4.90 Å². The summed E-state index contributed by atoms with van der Waals surface area (Å²) in [7, 11) is -3.60. The first-order valence-corrected chi connectivity index (χ1v) is 9.09. The second kappa shape index (κ2) is 7.05. The Labute approximate surface area is 142 Å². The summed E-state index contributed by atoms with van der Waals surface area (Å²) >= 11 is 0. The predicted octanol–water partition coefficient (Wildman–Crippen LogP) is 3.53. The lowest BCUT2D eigenvalue weighted by Crippen LogP contribution is -2.24. The van der Waals surface area contributed by atoms with Crippen molar-refractivity contribution in [3.63, 3.8) is 0 Å². The van der Waals surface area contributed by atoms with Gasteiger partial charge < -0.3 is 5.11 Å². The predicted molar refractivity (Wildman–Crippen MR) is 93.4 cm³/mol. The van der Waals surface area contributed by atoms with Gasteiger partial charge in [0.15, 0.2) is 0 Å². The van der Waals surface area contributed by atoms with Gasteiger partial charge >= 0.3 is 5.97 Å². The minimum absolute atomic E-state index is 0.206. The summed E-state index contributed by atoms with van der Waals surface area (Å²) in [6.45, 7) is 3.38. The van der Waals surface area contributed by atoms with Crippen molar-refractivity contribution in [3.8, 4) is 0 Å². The molecular weight excluding hydrogens is 326 g/mol. The van der Waals surface area contributed by atoms with Crippen molar-refractivity contribution >= 4 is 21.7 Å². The number of aryl methyl sites for hydroxylation is 1. The van der Waals surface area contributed by atoms with Crippen LogP contribution in [0.15, 0.2) is 59.5 Å². The number of hydrogen-bond donors (Lipinski definition) is 2. The molecule has 0 aliphatic heterocycles. The third kappa shape index (κ3) is 4.58. The van der Waals surface area contributed by atoms with E-state index < -0.39 is 21.4 Å². The van der Waals surface area contributed by atoms with Crippen molar-refractivity contribution in [1.29, 1.82) is 0 Å². The topological polar surface area (TPSA) is 83.5 Å². The summed E-state index contributed by atoms with van der Waals surface area (Å²) in [6, 6.07) is 15.1. The van der Waals surface area contributed by atoms with Crippen LogP contribution in [0.3, 0.4) is 0 Å². The van der Waals surface area contributed by atoms with Crippen molar-refractivity contribution in [1.82, 2.24) is 0 Å². The fourth-order valence-corrected chi connectivity index (χ4v) is 3.20. The molecule has 0 spiro atoms. The van der Waals surface area contributed by atoms with E-state index in [1.54, 1.807) is 56.3 Å². The normalized spacial score (nSPS) is 11.9. The average molecular weight is 347 g/mol. The zero-order valence-corrected chi connectivity index (χ0v) is 14.5. The summed E-state index contributed by atoms with van der Waals surface area (Å²) in [5.74, 6) is -0.824. The molecule has 2 aromatic rings. The number of nitrogens with one attached hydrogen (secondary N) is 1. The van der Waals surface area contributed by atoms with Crippen LogP contribution in [-0.4, -0.2) is 19.5 Å². The highest BCUT2D eigenvalue weighted by molar-refractivity contribution is 7.92. The second-order valence-corrected chi connectivity index (χ2v) is 7.99. The van der Waals surface area contributed by atoms with Gasteiger partial charge in [-0.05, 0) is 56.5 Å².